The Kier molecular flexibility index (Phi) is 6.96. The van der Waals surface area contributed by atoms with Crippen LogP contribution in [0.2, 0.25) is 0 Å². The molecule has 5 heteroatoms. The van der Waals surface area contributed by atoms with Crippen LogP contribution < -0.4 is 0 Å². The summed E-state index contributed by atoms with van der Waals surface area (Å²) in [5, 5.41) is 17.9. The molecule has 14 heavy (non-hydrogen) atoms. The molecule has 0 aromatic heterocycles. The Morgan fingerprint density at radius 3 is 2.64 bits per heavy atom. The van der Waals surface area contributed by atoms with Crippen LogP contribution in [0, 0.1) is 0 Å². The van der Waals surface area contributed by atoms with E-state index in [9.17, 15) is 9.59 Å². The van der Waals surface area contributed by atoms with Crippen molar-refractivity contribution >= 4 is 12.3 Å². The van der Waals surface area contributed by atoms with Crippen LogP contribution in [0.1, 0.15) is 26.2 Å². The zero-order valence-electron chi connectivity index (χ0n) is 8.18. The molecule has 0 aliphatic rings. The van der Waals surface area contributed by atoms with E-state index in [2.05, 4.69) is 0 Å². The summed E-state index contributed by atoms with van der Waals surface area (Å²) in [6.07, 6.45) is -0.804. The molecule has 0 aliphatic carbocycles. The maximum atomic E-state index is 10.9. The highest BCUT2D eigenvalue weighted by atomic mass is 16.5. The van der Waals surface area contributed by atoms with Crippen LogP contribution >= 0.6 is 0 Å². The molecule has 0 heterocycles. The highest BCUT2D eigenvalue weighted by Crippen LogP contribution is 1.99. The van der Waals surface area contributed by atoms with Gasteiger partial charge in [0.25, 0.3) is 0 Å². The Balaban J connectivity index is 3.49. The van der Waals surface area contributed by atoms with Gasteiger partial charge in [-0.1, -0.05) is 0 Å². The van der Waals surface area contributed by atoms with Gasteiger partial charge in [0.15, 0.2) is 0 Å². The molecule has 0 saturated heterocycles. The number of aliphatic hydroxyl groups is 2. The number of esters is 1. The van der Waals surface area contributed by atoms with Crippen LogP contribution in [0.15, 0.2) is 0 Å². The Morgan fingerprint density at radius 2 is 2.14 bits per heavy atom. The Morgan fingerprint density at radius 1 is 1.50 bits per heavy atom. The van der Waals surface area contributed by atoms with Gasteiger partial charge in [0.2, 0.25) is 0 Å². The van der Waals surface area contributed by atoms with Crippen LogP contribution in [0.3, 0.4) is 0 Å². The van der Waals surface area contributed by atoms with Crippen LogP contribution in [0.5, 0.6) is 0 Å². The van der Waals surface area contributed by atoms with Crippen molar-refractivity contribution in [3.63, 3.8) is 0 Å². The van der Waals surface area contributed by atoms with E-state index >= 15 is 0 Å². The summed E-state index contributed by atoms with van der Waals surface area (Å²) >= 11 is 0. The van der Waals surface area contributed by atoms with Gasteiger partial charge in [0, 0.05) is 12.8 Å². The second-order valence-corrected chi connectivity index (χ2v) is 3.12. The third-order valence-electron chi connectivity index (χ3n) is 1.57. The molecule has 0 radical (unpaired) electrons. The van der Waals surface area contributed by atoms with Crippen molar-refractivity contribution in [2.75, 3.05) is 6.61 Å². The van der Waals surface area contributed by atoms with Crippen LogP contribution in [-0.4, -0.2) is 41.3 Å². The molecule has 2 atom stereocenters. The lowest BCUT2D eigenvalue weighted by molar-refractivity contribution is -0.146. The summed E-state index contributed by atoms with van der Waals surface area (Å²) in [7, 11) is 0. The van der Waals surface area contributed by atoms with Gasteiger partial charge in [0.05, 0.1) is 25.2 Å². The summed E-state index contributed by atoms with van der Waals surface area (Å²) in [6, 6.07) is 0. The van der Waals surface area contributed by atoms with Crippen molar-refractivity contribution in [2.45, 2.75) is 38.4 Å². The smallest absolute Gasteiger partial charge is 0.308 e. The fourth-order valence-corrected chi connectivity index (χ4v) is 0.789. The topological polar surface area (TPSA) is 83.8 Å². The number of aldehydes is 1. The molecule has 0 rings (SSSR count). The van der Waals surface area contributed by atoms with Crippen molar-refractivity contribution in [1.82, 2.24) is 0 Å². The number of ether oxygens (including phenoxy) is 1. The minimum Gasteiger partial charge on any atom is -0.465 e. The predicted octanol–water partition coefficient (Wildman–Crippen LogP) is -0.360. The van der Waals surface area contributed by atoms with Crippen molar-refractivity contribution in [2.24, 2.45) is 0 Å². The van der Waals surface area contributed by atoms with Crippen LogP contribution in [-0.2, 0) is 14.3 Å². The summed E-state index contributed by atoms with van der Waals surface area (Å²) < 4.78 is 4.69. The van der Waals surface area contributed by atoms with E-state index in [1.807, 2.05) is 0 Å². The van der Waals surface area contributed by atoms with Gasteiger partial charge in [-0.2, -0.15) is 0 Å². The predicted molar refractivity (Wildman–Crippen MR) is 48.6 cm³/mol. The van der Waals surface area contributed by atoms with E-state index < -0.39 is 18.2 Å². The molecule has 0 aromatic carbocycles. The van der Waals surface area contributed by atoms with E-state index in [1.165, 1.54) is 0 Å². The van der Waals surface area contributed by atoms with E-state index in [0.29, 0.717) is 12.7 Å². The third kappa shape index (κ3) is 7.70. The maximum Gasteiger partial charge on any atom is 0.308 e. The van der Waals surface area contributed by atoms with Crippen molar-refractivity contribution in [3.8, 4) is 0 Å². The summed E-state index contributed by atoms with van der Waals surface area (Å²) in [5.74, 6) is -0.556. The summed E-state index contributed by atoms with van der Waals surface area (Å²) in [6.45, 7) is 1.72. The highest BCUT2D eigenvalue weighted by molar-refractivity contribution is 5.70. The van der Waals surface area contributed by atoms with Crippen molar-refractivity contribution < 1.29 is 24.5 Å². The fourth-order valence-electron chi connectivity index (χ4n) is 0.789. The molecule has 2 unspecified atom stereocenters. The lowest BCUT2D eigenvalue weighted by Crippen LogP contribution is -2.17. The first-order valence-corrected chi connectivity index (χ1v) is 4.51. The lowest BCUT2D eigenvalue weighted by Gasteiger charge is -2.08. The fraction of sp³-hybridized carbons (Fsp3) is 0.778. The quantitative estimate of drug-likeness (QED) is 0.437. The maximum absolute atomic E-state index is 10.9. The number of carbonyl (C=O) groups excluding carboxylic acids is 2. The van der Waals surface area contributed by atoms with Crippen LogP contribution in [0.25, 0.3) is 0 Å². The van der Waals surface area contributed by atoms with Gasteiger partial charge in [-0.15, -0.1) is 0 Å². The molecule has 0 saturated carbocycles. The highest BCUT2D eigenvalue weighted by Gasteiger charge is 2.11. The van der Waals surface area contributed by atoms with E-state index in [-0.39, 0.29) is 19.4 Å². The average Bonchev–Trinajstić information content (AvgIpc) is 2.03. The third-order valence-corrected chi connectivity index (χ3v) is 1.57. The van der Waals surface area contributed by atoms with Gasteiger partial charge in [0.1, 0.15) is 6.29 Å². The van der Waals surface area contributed by atoms with Gasteiger partial charge < -0.3 is 19.7 Å². The van der Waals surface area contributed by atoms with Crippen molar-refractivity contribution in [3.05, 3.63) is 0 Å². The largest absolute Gasteiger partial charge is 0.465 e. The zero-order valence-corrected chi connectivity index (χ0v) is 8.18. The first-order valence-electron chi connectivity index (χ1n) is 4.51. The molecular formula is C9H16O5. The molecule has 82 valence electrons. The number of hydrogen-bond donors (Lipinski definition) is 2. The molecule has 5 nitrogen and oxygen atoms in total. The average molecular weight is 204 g/mol. The SMILES string of the molecule is CC(O)CCOC(=O)CC(O)CC=O. The second-order valence-electron chi connectivity index (χ2n) is 3.12. The molecule has 0 spiro atoms. The molecule has 0 aliphatic heterocycles. The second kappa shape index (κ2) is 7.46. The molecule has 0 amide bonds. The van der Waals surface area contributed by atoms with Crippen LogP contribution in [0.4, 0.5) is 0 Å². The summed E-state index contributed by atoms with van der Waals surface area (Å²) in [5.41, 5.74) is 0. The number of hydrogen-bond acceptors (Lipinski definition) is 5. The molecule has 0 fully saturated rings. The Labute approximate surface area is 82.7 Å². The van der Waals surface area contributed by atoms with Crippen molar-refractivity contribution in [1.29, 1.82) is 0 Å². The van der Waals surface area contributed by atoms with Gasteiger partial charge in [-0.05, 0) is 6.92 Å². The molecule has 2 N–H and O–H groups in total. The molecule has 0 bridgehead atoms. The first-order chi connectivity index (χ1) is 6.56. The van der Waals surface area contributed by atoms with Gasteiger partial charge in [-0.25, -0.2) is 0 Å². The van der Waals surface area contributed by atoms with E-state index in [4.69, 9.17) is 14.9 Å². The van der Waals surface area contributed by atoms with E-state index in [0.717, 1.165) is 0 Å². The standard InChI is InChI=1S/C9H16O5/c1-7(11)3-5-14-9(13)6-8(12)2-4-10/h4,7-8,11-12H,2-3,5-6H2,1H3. The lowest BCUT2D eigenvalue weighted by atomic mass is 10.2. The minimum atomic E-state index is -0.966. The van der Waals surface area contributed by atoms with Gasteiger partial charge >= 0.3 is 5.97 Å². The minimum absolute atomic E-state index is 0.0640. The Bertz CT molecular complexity index is 178. The number of carbonyl (C=O) groups is 2. The first kappa shape index (κ1) is 13.1. The molecule has 0 aromatic rings. The van der Waals surface area contributed by atoms with Gasteiger partial charge in [-0.3, -0.25) is 4.79 Å². The Hall–Kier alpha value is -0.940. The number of aliphatic hydroxyl groups excluding tert-OH is 2. The monoisotopic (exact) mass is 204 g/mol. The number of rotatable bonds is 7. The summed E-state index contributed by atoms with van der Waals surface area (Å²) in [4.78, 5) is 20.9. The normalized spacial score (nSPS) is 14.5. The zero-order chi connectivity index (χ0) is 11.0. The molecular weight excluding hydrogens is 188 g/mol. The van der Waals surface area contributed by atoms with E-state index in [1.54, 1.807) is 6.92 Å².